The highest BCUT2D eigenvalue weighted by molar-refractivity contribution is 5.92. The molecule has 1 atom stereocenters. The Morgan fingerprint density at radius 2 is 1.90 bits per heavy atom. The number of esters is 1. The van der Waals surface area contributed by atoms with Gasteiger partial charge in [-0.15, -0.1) is 0 Å². The number of benzene rings is 1. The Kier molecular flexibility index (Phi) is 5.49. The first-order valence-electron chi connectivity index (χ1n) is 6.20. The summed E-state index contributed by atoms with van der Waals surface area (Å²) in [5.41, 5.74) is -0.241. The first-order valence-corrected chi connectivity index (χ1v) is 6.20. The number of hydrogen-bond donors (Lipinski definition) is 1. The summed E-state index contributed by atoms with van der Waals surface area (Å²) in [5, 5.41) is 2.60. The van der Waals surface area contributed by atoms with Gasteiger partial charge in [-0.25, -0.2) is 9.18 Å². The van der Waals surface area contributed by atoms with E-state index in [0.29, 0.717) is 5.75 Å². The third-order valence-electron chi connectivity index (χ3n) is 2.48. The van der Waals surface area contributed by atoms with Crippen molar-refractivity contribution in [2.24, 2.45) is 0 Å². The molecule has 0 saturated heterocycles. The first kappa shape index (κ1) is 15.9. The van der Waals surface area contributed by atoms with Crippen LogP contribution >= 0.6 is 0 Å². The van der Waals surface area contributed by atoms with E-state index in [1.54, 1.807) is 13.8 Å². The molecular formula is C14H18FNO4. The number of carbonyl (C=O) groups is 2. The predicted octanol–water partition coefficient (Wildman–Crippen LogP) is 1.90. The fraction of sp³-hybridized carbons (Fsp3) is 0.429. The molecule has 0 unspecified atom stereocenters. The van der Waals surface area contributed by atoms with Gasteiger partial charge in [0.1, 0.15) is 11.6 Å². The summed E-state index contributed by atoms with van der Waals surface area (Å²) >= 11 is 0. The van der Waals surface area contributed by atoms with Crippen LogP contribution in [0.5, 0.6) is 5.75 Å². The van der Waals surface area contributed by atoms with Crippen LogP contribution in [0.15, 0.2) is 18.2 Å². The van der Waals surface area contributed by atoms with Crippen LogP contribution in [0.1, 0.15) is 31.1 Å². The molecule has 110 valence electrons. The molecule has 5 nitrogen and oxygen atoms in total. The molecule has 1 amide bonds. The van der Waals surface area contributed by atoms with Crippen molar-refractivity contribution in [1.29, 1.82) is 0 Å². The van der Waals surface area contributed by atoms with Gasteiger partial charge in [-0.05, 0) is 32.9 Å². The first-order chi connectivity index (χ1) is 9.35. The van der Waals surface area contributed by atoms with Gasteiger partial charge in [0.15, 0.2) is 6.10 Å². The van der Waals surface area contributed by atoms with Crippen molar-refractivity contribution in [3.05, 3.63) is 29.6 Å². The smallest absolute Gasteiger partial charge is 0.341 e. The Labute approximate surface area is 117 Å². The molecule has 0 bridgehead atoms. The van der Waals surface area contributed by atoms with E-state index in [-0.39, 0.29) is 11.6 Å². The van der Waals surface area contributed by atoms with E-state index in [9.17, 15) is 14.0 Å². The molecule has 20 heavy (non-hydrogen) atoms. The maximum Gasteiger partial charge on any atom is 0.341 e. The molecule has 0 aromatic heterocycles. The maximum atomic E-state index is 13.7. The molecule has 0 radical (unpaired) electrons. The molecule has 6 heteroatoms. The highest BCUT2D eigenvalue weighted by Gasteiger charge is 2.21. The molecule has 1 rings (SSSR count). The number of carbonyl (C=O) groups excluding carboxylic acids is 2. The Hall–Kier alpha value is -2.11. The number of hydrogen-bond acceptors (Lipinski definition) is 4. The second-order valence-corrected chi connectivity index (χ2v) is 4.56. The molecule has 0 spiro atoms. The van der Waals surface area contributed by atoms with Gasteiger partial charge in [0.05, 0.1) is 12.7 Å². The number of ether oxygens (including phenoxy) is 2. The third kappa shape index (κ3) is 4.22. The highest BCUT2D eigenvalue weighted by atomic mass is 19.1. The van der Waals surface area contributed by atoms with Crippen LogP contribution in [0.4, 0.5) is 4.39 Å². The number of halogens is 1. The van der Waals surface area contributed by atoms with Gasteiger partial charge in [0.2, 0.25) is 0 Å². The normalized spacial score (nSPS) is 11.9. The molecule has 0 aliphatic carbocycles. The summed E-state index contributed by atoms with van der Waals surface area (Å²) in [6, 6.07) is 3.71. The molecule has 0 saturated carbocycles. The van der Waals surface area contributed by atoms with E-state index in [2.05, 4.69) is 5.32 Å². The van der Waals surface area contributed by atoms with Crippen LogP contribution in [-0.4, -0.2) is 31.1 Å². The van der Waals surface area contributed by atoms with Gasteiger partial charge >= 0.3 is 5.97 Å². The number of rotatable bonds is 5. The minimum atomic E-state index is -0.994. The predicted molar refractivity (Wildman–Crippen MR) is 71.1 cm³/mol. The lowest BCUT2D eigenvalue weighted by Gasteiger charge is -2.15. The molecular weight excluding hydrogens is 265 g/mol. The summed E-state index contributed by atoms with van der Waals surface area (Å²) < 4.78 is 23.4. The van der Waals surface area contributed by atoms with Gasteiger partial charge in [-0.1, -0.05) is 0 Å². The lowest BCUT2D eigenvalue weighted by Crippen LogP contribution is -2.39. The standard InChI is InChI=1S/C14H18FNO4/c1-8(2)16-13(17)9(3)20-14(18)11-6-5-10(19-4)7-12(11)15/h5-9H,1-4H3,(H,16,17)/t9-/m1/s1. The quantitative estimate of drug-likeness (QED) is 0.838. The zero-order valence-electron chi connectivity index (χ0n) is 11.9. The van der Waals surface area contributed by atoms with E-state index >= 15 is 0 Å². The van der Waals surface area contributed by atoms with E-state index < -0.39 is 23.8 Å². The molecule has 1 aromatic rings. The number of amides is 1. The van der Waals surface area contributed by atoms with Gasteiger partial charge in [-0.2, -0.15) is 0 Å². The molecule has 0 fully saturated rings. The van der Waals surface area contributed by atoms with Crippen molar-refractivity contribution < 1.29 is 23.5 Å². The Morgan fingerprint density at radius 1 is 1.25 bits per heavy atom. The Morgan fingerprint density at radius 3 is 2.40 bits per heavy atom. The Balaban J connectivity index is 2.74. The minimum absolute atomic E-state index is 0.0682. The molecule has 1 N–H and O–H groups in total. The molecule has 0 heterocycles. The molecule has 0 aliphatic rings. The topological polar surface area (TPSA) is 64.6 Å². The van der Waals surface area contributed by atoms with E-state index in [0.717, 1.165) is 6.07 Å². The van der Waals surface area contributed by atoms with Crippen LogP contribution in [0, 0.1) is 5.82 Å². The van der Waals surface area contributed by atoms with Crippen LogP contribution in [0.3, 0.4) is 0 Å². The van der Waals surface area contributed by atoms with E-state index in [4.69, 9.17) is 9.47 Å². The zero-order valence-corrected chi connectivity index (χ0v) is 11.9. The van der Waals surface area contributed by atoms with Crippen molar-refractivity contribution in [2.45, 2.75) is 32.9 Å². The third-order valence-corrected chi connectivity index (χ3v) is 2.48. The highest BCUT2D eigenvalue weighted by Crippen LogP contribution is 2.17. The fourth-order valence-electron chi connectivity index (χ4n) is 1.47. The van der Waals surface area contributed by atoms with Crippen molar-refractivity contribution >= 4 is 11.9 Å². The SMILES string of the molecule is COc1ccc(C(=O)O[C@H](C)C(=O)NC(C)C)c(F)c1. The van der Waals surface area contributed by atoms with Crippen molar-refractivity contribution in [3.63, 3.8) is 0 Å². The van der Waals surface area contributed by atoms with Crippen molar-refractivity contribution in [2.75, 3.05) is 7.11 Å². The Bertz CT molecular complexity index is 502. The fourth-order valence-corrected chi connectivity index (χ4v) is 1.47. The lowest BCUT2D eigenvalue weighted by atomic mass is 10.2. The molecule has 1 aromatic carbocycles. The van der Waals surface area contributed by atoms with Gasteiger partial charge in [0, 0.05) is 12.1 Å². The van der Waals surface area contributed by atoms with Crippen LogP contribution in [0.2, 0.25) is 0 Å². The van der Waals surface area contributed by atoms with Gasteiger partial charge in [0.25, 0.3) is 5.91 Å². The summed E-state index contributed by atoms with van der Waals surface area (Å²) in [5.74, 6) is -1.78. The largest absolute Gasteiger partial charge is 0.497 e. The van der Waals surface area contributed by atoms with Crippen LogP contribution < -0.4 is 10.1 Å². The summed E-state index contributed by atoms with van der Waals surface area (Å²) in [6.45, 7) is 5.00. The summed E-state index contributed by atoms with van der Waals surface area (Å²) in [7, 11) is 1.39. The zero-order chi connectivity index (χ0) is 15.3. The second kappa shape index (κ2) is 6.88. The average Bonchev–Trinajstić information content (AvgIpc) is 2.37. The van der Waals surface area contributed by atoms with Gasteiger partial charge in [-0.3, -0.25) is 4.79 Å². The lowest BCUT2D eigenvalue weighted by molar-refractivity contribution is -0.129. The number of methoxy groups -OCH3 is 1. The summed E-state index contributed by atoms with van der Waals surface area (Å²) in [6.07, 6.45) is -0.994. The average molecular weight is 283 g/mol. The molecule has 0 aliphatic heterocycles. The van der Waals surface area contributed by atoms with Crippen molar-refractivity contribution in [1.82, 2.24) is 5.32 Å². The maximum absolute atomic E-state index is 13.7. The van der Waals surface area contributed by atoms with Crippen molar-refractivity contribution in [3.8, 4) is 5.75 Å². The summed E-state index contributed by atoms with van der Waals surface area (Å²) in [4.78, 5) is 23.4. The monoisotopic (exact) mass is 283 g/mol. The van der Waals surface area contributed by atoms with Gasteiger partial charge < -0.3 is 14.8 Å². The minimum Gasteiger partial charge on any atom is -0.497 e. The van der Waals surface area contributed by atoms with Crippen LogP contribution in [0.25, 0.3) is 0 Å². The van der Waals surface area contributed by atoms with Crippen LogP contribution in [-0.2, 0) is 9.53 Å². The second-order valence-electron chi connectivity index (χ2n) is 4.56. The van der Waals surface area contributed by atoms with E-state index in [1.807, 2.05) is 0 Å². The number of nitrogens with one attached hydrogen (secondary N) is 1. The van der Waals surface area contributed by atoms with E-state index in [1.165, 1.54) is 26.2 Å².